The molecule has 3 aromatic rings. The van der Waals surface area contributed by atoms with Crippen LogP contribution in [0.3, 0.4) is 0 Å². The second-order valence-electron chi connectivity index (χ2n) is 7.00. The molecule has 1 saturated heterocycles. The highest BCUT2D eigenvalue weighted by molar-refractivity contribution is 6.04. The Morgan fingerprint density at radius 1 is 1.14 bits per heavy atom. The van der Waals surface area contributed by atoms with Gasteiger partial charge in [0, 0.05) is 35.8 Å². The largest absolute Gasteiger partial charge is 0.326 e. The Kier molecular flexibility index (Phi) is 4.69. The highest BCUT2D eigenvalue weighted by Gasteiger charge is 2.35. The first kappa shape index (κ1) is 18.0. The molecule has 0 radical (unpaired) electrons. The number of H-pyrrole nitrogens is 1. The van der Waals surface area contributed by atoms with Crippen LogP contribution in [0.25, 0.3) is 10.9 Å². The molecular formula is C22H21N3O3. The Hall–Kier alpha value is -3.41. The number of carbonyl (C=O) groups excluding carboxylic acids is 2. The summed E-state index contributed by atoms with van der Waals surface area (Å²) in [6, 6.07) is 16.4. The lowest BCUT2D eigenvalue weighted by Crippen LogP contribution is -2.28. The minimum absolute atomic E-state index is 0.0539. The number of nitrogens with one attached hydrogen (secondary N) is 2. The van der Waals surface area contributed by atoms with Crippen LogP contribution in [-0.2, 0) is 16.0 Å². The lowest BCUT2D eigenvalue weighted by molar-refractivity contribution is -0.122. The van der Waals surface area contributed by atoms with Crippen LogP contribution in [0.4, 0.5) is 11.4 Å². The van der Waals surface area contributed by atoms with Gasteiger partial charge in [-0.2, -0.15) is 0 Å². The van der Waals surface area contributed by atoms with Crippen LogP contribution in [0.5, 0.6) is 0 Å². The molecule has 1 atom stereocenters. The van der Waals surface area contributed by atoms with Crippen molar-refractivity contribution >= 4 is 34.1 Å². The molecule has 142 valence electrons. The monoisotopic (exact) mass is 375 g/mol. The Morgan fingerprint density at radius 2 is 1.93 bits per heavy atom. The van der Waals surface area contributed by atoms with Crippen molar-refractivity contribution in [3.63, 3.8) is 0 Å². The predicted octanol–water partition coefficient (Wildman–Crippen LogP) is 3.08. The maximum absolute atomic E-state index is 12.7. The number of pyridine rings is 1. The van der Waals surface area contributed by atoms with Crippen molar-refractivity contribution in [1.29, 1.82) is 0 Å². The number of fused-ring (bicyclic) bond motifs is 1. The van der Waals surface area contributed by atoms with Crippen LogP contribution >= 0.6 is 0 Å². The molecular weight excluding hydrogens is 354 g/mol. The lowest BCUT2D eigenvalue weighted by Gasteiger charge is -2.16. The highest BCUT2D eigenvalue weighted by Crippen LogP contribution is 2.26. The van der Waals surface area contributed by atoms with Crippen LogP contribution in [-0.4, -0.2) is 23.3 Å². The molecule has 2 aromatic carbocycles. The Morgan fingerprint density at radius 3 is 2.68 bits per heavy atom. The lowest BCUT2D eigenvalue weighted by atomic mass is 10.1. The van der Waals surface area contributed by atoms with Gasteiger partial charge < -0.3 is 15.2 Å². The van der Waals surface area contributed by atoms with Gasteiger partial charge in [0.05, 0.1) is 11.4 Å². The third-order valence-electron chi connectivity index (χ3n) is 5.14. The maximum atomic E-state index is 12.7. The predicted molar refractivity (Wildman–Crippen MR) is 109 cm³/mol. The van der Waals surface area contributed by atoms with Crippen molar-refractivity contribution in [1.82, 2.24) is 4.98 Å². The smallest absolute Gasteiger partial charge is 0.248 e. The first-order valence-electron chi connectivity index (χ1n) is 9.37. The van der Waals surface area contributed by atoms with E-state index in [1.165, 1.54) is 0 Å². The molecule has 1 unspecified atom stereocenters. The van der Waals surface area contributed by atoms with Crippen LogP contribution < -0.4 is 15.8 Å². The molecule has 2 N–H and O–H groups in total. The number of carbonyl (C=O) groups is 2. The van der Waals surface area contributed by atoms with Crippen molar-refractivity contribution in [2.24, 2.45) is 5.92 Å². The van der Waals surface area contributed by atoms with Crippen LogP contribution in [0.1, 0.15) is 18.9 Å². The Bertz CT molecular complexity index is 1100. The SMILES string of the molecule is CCc1cc(=O)[nH]c2cc(NC(=O)C3CC(=O)N(c4ccccc4)C3)ccc12. The summed E-state index contributed by atoms with van der Waals surface area (Å²) in [5, 5.41) is 3.85. The van der Waals surface area contributed by atoms with Crippen molar-refractivity contribution < 1.29 is 9.59 Å². The molecule has 0 saturated carbocycles. The van der Waals surface area contributed by atoms with Crippen molar-refractivity contribution in [2.45, 2.75) is 19.8 Å². The second-order valence-corrected chi connectivity index (χ2v) is 7.00. The van der Waals surface area contributed by atoms with E-state index in [4.69, 9.17) is 0 Å². The van der Waals surface area contributed by atoms with Crippen molar-refractivity contribution in [3.05, 3.63) is 70.5 Å². The van der Waals surface area contributed by atoms with Gasteiger partial charge in [-0.3, -0.25) is 14.4 Å². The van der Waals surface area contributed by atoms with E-state index in [2.05, 4.69) is 10.3 Å². The average molecular weight is 375 g/mol. The molecule has 28 heavy (non-hydrogen) atoms. The Labute approximate surface area is 162 Å². The van der Waals surface area contributed by atoms with Crippen LogP contribution in [0.2, 0.25) is 0 Å². The normalized spacial score (nSPS) is 16.5. The van der Waals surface area contributed by atoms with Gasteiger partial charge in [0.1, 0.15) is 0 Å². The third-order valence-corrected chi connectivity index (χ3v) is 5.14. The van der Waals surface area contributed by atoms with Gasteiger partial charge in [-0.15, -0.1) is 0 Å². The minimum Gasteiger partial charge on any atom is -0.326 e. The molecule has 0 bridgehead atoms. The number of rotatable bonds is 4. The molecule has 6 nitrogen and oxygen atoms in total. The third kappa shape index (κ3) is 3.41. The zero-order valence-corrected chi connectivity index (χ0v) is 15.6. The van der Waals surface area contributed by atoms with Crippen LogP contribution in [0, 0.1) is 5.92 Å². The summed E-state index contributed by atoms with van der Waals surface area (Å²) in [4.78, 5) is 41.3. The molecule has 2 heterocycles. The number of nitrogens with zero attached hydrogens (tertiary/aromatic N) is 1. The van der Waals surface area contributed by atoms with E-state index >= 15 is 0 Å². The molecule has 2 amide bonds. The number of para-hydroxylation sites is 1. The highest BCUT2D eigenvalue weighted by atomic mass is 16.2. The van der Waals surface area contributed by atoms with E-state index in [0.717, 1.165) is 23.1 Å². The molecule has 1 aliphatic heterocycles. The minimum atomic E-state index is -0.413. The molecule has 6 heteroatoms. The van der Waals surface area contributed by atoms with Crippen LogP contribution in [0.15, 0.2) is 59.4 Å². The first-order valence-corrected chi connectivity index (χ1v) is 9.37. The van der Waals surface area contributed by atoms with Gasteiger partial charge >= 0.3 is 0 Å². The van der Waals surface area contributed by atoms with E-state index < -0.39 is 5.92 Å². The molecule has 1 aliphatic rings. The van der Waals surface area contributed by atoms with Crippen molar-refractivity contribution in [3.8, 4) is 0 Å². The summed E-state index contributed by atoms with van der Waals surface area (Å²) in [6.07, 6.45) is 0.941. The second kappa shape index (κ2) is 7.31. The van der Waals surface area contributed by atoms with Gasteiger partial charge in [-0.1, -0.05) is 31.2 Å². The topological polar surface area (TPSA) is 82.3 Å². The van der Waals surface area contributed by atoms with Gasteiger partial charge in [-0.05, 0) is 36.2 Å². The summed E-state index contributed by atoms with van der Waals surface area (Å²) in [6.45, 7) is 2.36. The number of amides is 2. The quantitative estimate of drug-likeness (QED) is 0.735. The van der Waals surface area contributed by atoms with E-state index in [0.29, 0.717) is 17.7 Å². The zero-order chi connectivity index (χ0) is 19.7. The van der Waals surface area contributed by atoms with E-state index in [-0.39, 0.29) is 23.8 Å². The fourth-order valence-electron chi connectivity index (χ4n) is 3.69. The zero-order valence-electron chi connectivity index (χ0n) is 15.6. The molecule has 4 rings (SSSR count). The summed E-state index contributed by atoms with van der Waals surface area (Å²) < 4.78 is 0. The fourth-order valence-corrected chi connectivity index (χ4v) is 3.69. The van der Waals surface area contributed by atoms with E-state index in [1.54, 1.807) is 17.0 Å². The van der Waals surface area contributed by atoms with Crippen molar-refractivity contribution in [2.75, 3.05) is 16.8 Å². The number of hydrogen-bond donors (Lipinski definition) is 2. The molecule has 1 fully saturated rings. The summed E-state index contributed by atoms with van der Waals surface area (Å²) in [5.74, 6) is -0.661. The summed E-state index contributed by atoms with van der Waals surface area (Å²) >= 11 is 0. The summed E-state index contributed by atoms with van der Waals surface area (Å²) in [7, 11) is 0. The maximum Gasteiger partial charge on any atom is 0.248 e. The standard InChI is InChI=1S/C22H21N3O3/c1-2-14-10-20(26)24-19-12-16(8-9-18(14)19)23-22(28)15-11-21(27)25(13-15)17-6-4-3-5-7-17/h3-10,12,15H,2,11,13H2,1H3,(H,23,28)(H,24,26). The summed E-state index contributed by atoms with van der Waals surface area (Å²) in [5.41, 5.74) is 2.91. The van der Waals surface area contributed by atoms with Gasteiger partial charge in [0.25, 0.3) is 0 Å². The van der Waals surface area contributed by atoms with E-state index in [1.807, 2.05) is 49.4 Å². The fraction of sp³-hybridized carbons (Fsp3) is 0.227. The number of benzene rings is 2. The number of hydrogen-bond acceptors (Lipinski definition) is 3. The average Bonchev–Trinajstić information content (AvgIpc) is 3.09. The Balaban J connectivity index is 1.52. The number of anilines is 2. The molecule has 1 aromatic heterocycles. The van der Waals surface area contributed by atoms with Gasteiger partial charge in [-0.25, -0.2) is 0 Å². The molecule has 0 aliphatic carbocycles. The number of aromatic amines is 1. The number of aromatic nitrogens is 1. The molecule has 0 spiro atoms. The van der Waals surface area contributed by atoms with Gasteiger partial charge in [0.15, 0.2) is 0 Å². The number of aryl methyl sites for hydroxylation is 1. The van der Waals surface area contributed by atoms with E-state index in [9.17, 15) is 14.4 Å². The van der Waals surface area contributed by atoms with Gasteiger partial charge in [0.2, 0.25) is 17.4 Å². The first-order chi connectivity index (χ1) is 13.5.